The number of hydrogen-bond acceptors (Lipinski definition) is 10. The Balaban J connectivity index is 0.733. The Morgan fingerprint density at radius 3 is 2.08 bits per heavy atom. The summed E-state index contributed by atoms with van der Waals surface area (Å²) in [6, 6.07) is 18.9. The van der Waals surface area contributed by atoms with Crippen LogP contribution in [0.5, 0.6) is 0 Å². The maximum Gasteiger partial charge on any atom is 0.262 e. The Kier molecular flexibility index (Phi) is 10.3. The molecule has 0 aromatic heterocycles. The number of imide groups is 2. The van der Waals surface area contributed by atoms with Crippen molar-refractivity contribution in [2.45, 2.75) is 64.0 Å². The molecule has 0 saturated carbocycles. The second-order valence-corrected chi connectivity index (χ2v) is 17.5. The van der Waals surface area contributed by atoms with E-state index >= 15 is 0 Å². The molecule has 5 amide bonds. The summed E-state index contributed by atoms with van der Waals surface area (Å²) >= 11 is 6.50. The Morgan fingerprint density at radius 1 is 0.763 bits per heavy atom. The maximum absolute atomic E-state index is 13.6. The normalized spacial score (nSPS) is 22.6. The number of halogens is 1. The first kappa shape index (κ1) is 39.0. The molecular weight excluding hydrogens is 768 g/mol. The van der Waals surface area contributed by atoms with Crippen molar-refractivity contribution in [3.63, 3.8) is 0 Å². The van der Waals surface area contributed by atoms with Crippen molar-refractivity contribution >= 4 is 58.2 Å². The van der Waals surface area contributed by atoms with Crippen molar-refractivity contribution in [1.82, 2.24) is 20.0 Å². The van der Waals surface area contributed by atoms with E-state index in [1.165, 1.54) is 0 Å². The van der Waals surface area contributed by atoms with Crippen LogP contribution < -0.4 is 20.0 Å². The van der Waals surface area contributed by atoms with Crippen LogP contribution in [0.1, 0.15) is 87.1 Å². The van der Waals surface area contributed by atoms with Gasteiger partial charge in [0.05, 0.1) is 21.7 Å². The molecule has 5 saturated heterocycles. The quantitative estimate of drug-likeness (QED) is 0.344. The van der Waals surface area contributed by atoms with Gasteiger partial charge in [-0.1, -0.05) is 11.6 Å². The molecule has 6 aliphatic rings. The number of piperazine rings is 1. The monoisotopic (exact) mass is 816 g/mol. The number of nitrogens with one attached hydrogen (secondary N) is 1. The second-order valence-electron chi connectivity index (χ2n) is 17.1. The minimum absolute atomic E-state index is 0.0856. The van der Waals surface area contributed by atoms with E-state index in [2.05, 4.69) is 43.1 Å². The zero-order valence-electron chi connectivity index (χ0n) is 33.4. The third kappa shape index (κ3) is 7.20. The number of piperidine rings is 3. The first-order valence-corrected chi connectivity index (χ1v) is 21.3. The standard InChI is InChI=1S/C45H49ClN8O5/c1-29-37(9-4-31(27-47)40(29)46)53-21-16-45(28-53)14-19-49(20-15-45)32-5-2-30(3-6-32)42(57)52-17-12-33(13-18-52)50-22-24-51(25-23-50)34-7-8-35-36(26-34)44(59)54(43(35)58)38-10-11-39(55)48-41(38)56/h2-9,26,33,38H,10-25,28H2,1H3,(H,48,55,56). The molecular formula is C45H49ClN8O5. The van der Waals surface area contributed by atoms with E-state index in [-0.39, 0.29) is 29.7 Å². The molecule has 1 atom stereocenters. The summed E-state index contributed by atoms with van der Waals surface area (Å²) in [5, 5.41) is 12.2. The number of likely N-dealkylation sites (tertiary alicyclic amines) is 1. The highest BCUT2D eigenvalue weighted by Crippen LogP contribution is 2.44. The van der Waals surface area contributed by atoms with Crippen LogP contribution >= 0.6 is 11.6 Å². The lowest BCUT2D eigenvalue weighted by atomic mass is 9.77. The number of benzene rings is 3. The van der Waals surface area contributed by atoms with Crippen molar-refractivity contribution in [1.29, 1.82) is 5.26 Å². The molecule has 6 heterocycles. The highest BCUT2D eigenvalue weighted by Gasteiger charge is 2.45. The molecule has 0 bridgehead atoms. The number of nitrogens with zero attached hydrogens (tertiary/aromatic N) is 7. The molecule has 3 aromatic carbocycles. The Morgan fingerprint density at radius 2 is 1.41 bits per heavy atom. The van der Waals surface area contributed by atoms with Gasteiger partial charge in [-0.25, -0.2) is 0 Å². The fourth-order valence-corrected chi connectivity index (χ4v) is 10.5. The van der Waals surface area contributed by atoms with Crippen LogP contribution in [0.25, 0.3) is 0 Å². The zero-order chi connectivity index (χ0) is 41.0. The summed E-state index contributed by atoms with van der Waals surface area (Å²) in [5.74, 6) is -1.91. The first-order chi connectivity index (χ1) is 28.5. The highest BCUT2D eigenvalue weighted by molar-refractivity contribution is 6.33. The summed E-state index contributed by atoms with van der Waals surface area (Å²) in [5.41, 5.74) is 6.25. The van der Waals surface area contributed by atoms with Gasteiger partial charge in [-0.2, -0.15) is 5.26 Å². The highest BCUT2D eigenvalue weighted by atomic mass is 35.5. The number of hydrogen-bond donors (Lipinski definition) is 1. The van der Waals surface area contributed by atoms with Crippen LogP contribution in [0.4, 0.5) is 17.1 Å². The minimum atomic E-state index is -0.979. The van der Waals surface area contributed by atoms with Gasteiger partial charge in [-0.3, -0.25) is 39.1 Å². The zero-order valence-corrected chi connectivity index (χ0v) is 34.2. The SMILES string of the molecule is Cc1c(N2CCC3(CCN(c4ccc(C(=O)N5CCC(N6CCN(c7ccc8c(c7)C(=O)N(C7CCC(=O)NC7=O)C8=O)CC6)CC5)cc4)CC3)C2)ccc(C#N)c1Cl. The van der Waals surface area contributed by atoms with E-state index in [0.717, 1.165) is 131 Å². The fraction of sp³-hybridized carbons (Fsp3) is 0.467. The Hall–Kier alpha value is -5.45. The van der Waals surface area contributed by atoms with Crippen LogP contribution in [-0.4, -0.2) is 122 Å². The van der Waals surface area contributed by atoms with Gasteiger partial charge in [0.15, 0.2) is 0 Å². The average Bonchev–Trinajstić information content (AvgIpc) is 3.78. The van der Waals surface area contributed by atoms with Crippen molar-refractivity contribution in [2.75, 3.05) is 80.1 Å². The number of fused-ring (bicyclic) bond motifs is 1. The Labute approximate surface area is 349 Å². The molecule has 13 nitrogen and oxygen atoms in total. The lowest BCUT2D eigenvalue weighted by molar-refractivity contribution is -0.136. The molecule has 0 aliphatic carbocycles. The fourth-order valence-electron chi connectivity index (χ4n) is 10.3. The van der Waals surface area contributed by atoms with Gasteiger partial charge in [0.2, 0.25) is 11.8 Å². The first-order valence-electron chi connectivity index (χ1n) is 21.0. The van der Waals surface area contributed by atoms with Gasteiger partial charge in [-0.05, 0) is 111 Å². The summed E-state index contributed by atoms with van der Waals surface area (Å²) in [6.45, 7) is 10.7. The molecule has 6 aliphatic heterocycles. The van der Waals surface area contributed by atoms with Crippen LogP contribution in [0, 0.1) is 23.7 Å². The number of rotatable bonds is 6. The molecule has 14 heteroatoms. The topological polar surface area (TPSA) is 141 Å². The average molecular weight is 817 g/mol. The van der Waals surface area contributed by atoms with Crippen molar-refractivity contribution in [3.8, 4) is 6.07 Å². The lowest BCUT2D eigenvalue weighted by Crippen LogP contribution is -2.54. The molecule has 59 heavy (non-hydrogen) atoms. The van der Waals surface area contributed by atoms with E-state index in [0.29, 0.717) is 22.2 Å². The van der Waals surface area contributed by atoms with Crippen molar-refractivity contribution in [2.24, 2.45) is 5.41 Å². The van der Waals surface area contributed by atoms with E-state index in [4.69, 9.17) is 11.6 Å². The molecule has 5 fully saturated rings. The van der Waals surface area contributed by atoms with Crippen LogP contribution in [-0.2, 0) is 9.59 Å². The smallest absolute Gasteiger partial charge is 0.262 e. The lowest BCUT2D eigenvalue weighted by Gasteiger charge is -2.43. The number of anilines is 3. The molecule has 1 unspecified atom stereocenters. The van der Waals surface area contributed by atoms with Gasteiger partial charge in [0.25, 0.3) is 17.7 Å². The van der Waals surface area contributed by atoms with Crippen molar-refractivity contribution in [3.05, 3.63) is 87.4 Å². The number of nitriles is 1. The van der Waals surface area contributed by atoms with Crippen LogP contribution in [0.15, 0.2) is 54.6 Å². The van der Waals surface area contributed by atoms with Gasteiger partial charge >= 0.3 is 0 Å². The number of carbonyl (C=O) groups excluding carboxylic acids is 5. The second kappa shape index (κ2) is 15.6. The predicted molar refractivity (Wildman–Crippen MR) is 224 cm³/mol. The van der Waals surface area contributed by atoms with Crippen molar-refractivity contribution < 1.29 is 24.0 Å². The minimum Gasteiger partial charge on any atom is -0.371 e. The predicted octanol–water partition coefficient (Wildman–Crippen LogP) is 4.85. The summed E-state index contributed by atoms with van der Waals surface area (Å²) in [7, 11) is 0. The summed E-state index contributed by atoms with van der Waals surface area (Å²) < 4.78 is 0. The summed E-state index contributed by atoms with van der Waals surface area (Å²) in [4.78, 5) is 76.8. The van der Waals surface area contributed by atoms with Gasteiger partial charge in [0.1, 0.15) is 12.1 Å². The molecule has 9 rings (SSSR count). The van der Waals surface area contributed by atoms with Gasteiger partial charge < -0.3 is 19.6 Å². The largest absolute Gasteiger partial charge is 0.371 e. The molecule has 306 valence electrons. The number of amides is 5. The molecule has 1 spiro atoms. The number of carbonyl (C=O) groups is 5. The third-order valence-corrected chi connectivity index (χ3v) is 14.4. The van der Waals surface area contributed by atoms with Crippen LogP contribution in [0.2, 0.25) is 5.02 Å². The van der Waals surface area contributed by atoms with Gasteiger partial charge in [-0.15, -0.1) is 0 Å². The molecule has 3 aromatic rings. The van der Waals surface area contributed by atoms with Gasteiger partial charge in [0, 0.05) is 101 Å². The summed E-state index contributed by atoms with van der Waals surface area (Å²) in [6.07, 6.45) is 5.43. The Bertz CT molecular complexity index is 2250. The van der Waals surface area contributed by atoms with Crippen LogP contribution in [0.3, 0.4) is 0 Å². The van der Waals surface area contributed by atoms with E-state index < -0.39 is 29.7 Å². The van der Waals surface area contributed by atoms with E-state index in [9.17, 15) is 29.2 Å². The van der Waals surface area contributed by atoms with E-state index in [1.54, 1.807) is 12.1 Å². The molecule has 1 N–H and O–H groups in total. The third-order valence-electron chi connectivity index (χ3n) is 13.9. The molecule has 0 radical (unpaired) electrons. The van der Waals surface area contributed by atoms with E-state index in [1.807, 2.05) is 42.2 Å². The maximum atomic E-state index is 13.6.